The van der Waals surface area contributed by atoms with E-state index in [9.17, 15) is 14.6 Å². The van der Waals surface area contributed by atoms with Crippen LogP contribution in [0.5, 0.6) is 0 Å². The molecule has 0 aromatic rings. The fourth-order valence-corrected chi connectivity index (χ4v) is 1.75. The van der Waals surface area contributed by atoms with Crippen molar-refractivity contribution in [2.24, 2.45) is 4.99 Å². The van der Waals surface area contributed by atoms with E-state index in [4.69, 9.17) is 9.84 Å². The summed E-state index contributed by atoms with van der Waals surface area (Å²) < 4.78 is 18.9. The number of nitrogens with zero attached hydrogens (tertiary/aromatic N) is 2. The standard InChI is InChI=1S/C9H13FN2O4/c10-9(15)7(14)6(4-13)16-8(9)12-3-1-2-11-5-12/h1-2,5-8,13-15H,3-4H2/t6-,7-,8-,9+/m1/s1. The van der Waals surface area contributed by atoms with E-state index in [1.54, 1.807) is 6.08 Å². The molecule has 0 bridgehead atoms. The molecule has 1 saturated heterocycles. The minimum absolute atomic E-state index is 0.311. The summed E-state index contributed by atoms with van der Waals surface area (Å²) in [7, 11) is 0. The van der Waals surface area contributed by atoms with Gasteiger partial charge in [-0.2, -0.15) is 0 Å². The zero-order chi connectivity index (χ0) is 11.8. The molecule has 2 rings (SSSR count). The molecule has 0 aliphatic carbocycles. The maximum atomic E-state index is 13.8. The van der Waals surface area contributed by atoms with Crippen molar-refractivity contribution in [1.29, 1.82) is 0 Å². The molecule has 2 heterocycles. The Balaban J connectivity index is 2.16. The van der Waals surface area contributed by atoms with Crippen molar-refractivity contribution in [2.75, 3.05) is 13.2 Å². The van der Waals surface area contributed by atoms with Gasteiger partial charge >= 0.3 is 0 Å². The van der Waals surface area contributed by atoms with Crippen molar-refractivity contribution in [3.8, 4) is 0 Å². The average Bonchev–Trinajstić information content (AvgIpc) is 2.52. The minimum Gasteiger partial charge on any atom is -0.394 e. The zero-order valence-electron chi connectivity index (χ0n) is 8.40. The zero-order valence-corrected chi connectivity index (χ0v) is 8.40. The molecule has 7 heteroatoms. The van der Waals surface area contributed by atoms with E-state index in [0.717, 1.165) is 0 Å². The topological polar surface area (TPSA) is 85.5 Å². The largest absolute Gasteiger partial charge is 0.394 e. The third-order valence-corrected chi connectivity index (χ3v) is 2.62. The molecule has 0 aromatic carbocycles. The molecule has 6 nitrogen and oxygen atoms in total. The number of alkyl halides is 1. The summed E-state index contributed by atoms with van der Waals surface area (Å²) >= 11 is 0. The lowest BCUT2D eigenvalue weighted by molar-refractivity contribution is -0.200. The fraction of sp³-hybridized carbons (Fsp3) is 0.667. The highest BCUT2D eigenvalue weighted by molar-refractivity contribution is 5.58. The van der Waals surface area contributed by atoms with Crippen LogP contribution in [0.3, 0.4) is 0 Å². The van der Waals surface area contributed by atoms with E-state index in [0.29, 0.717) is 6.54 Å². The second kappa shape index (κ2) is 4.10. The van der Waals surface area contributed by atoms with Gasteiger partial charge in [-0.05, 0) is 6.08 Å². The van der Waals surface area contributed by atoms with Crippen molar-refractivity contribution in [2.45, 2.75) is 24.3 Å². The lowest BCUT2D eigenvalue weighted by Gasteiger charge is -2.31. The summed E-state index contributed by atoms with van der Waals surface area (Å²) in [6.45, 7) is -0.254. The van der Waals surface area contributed by atoms with Crippen LogP contribution in [0.15, 0.2) is 17.3 Å². The van der Waals surface area contributed by atoms with Crippen molar-refractivity contribution in [3.05, 3.63) is 12.3 Å². The summed E-state index contributed by atoms with van der Waals surface area (Å²) in [6, 6.07) is 0. The summed E-state index contributed by atoms with van der Waals surface area (Å²) in [4.78, 5) is 5.07. The van der Waals surface area contributed by atoms with Crippen molar-refractivity contribution >= 4 is 6.34 Å². The highest BCUT2D eigenvalue weighted by atomic mass is 19.2. The van der Waals surface area contributed by atoms with Crippen LogP contribution in [-0.2, 0) is 4.74 Å². The molecule has 0 aromatic heterocycles. The van der Waals surface area contributed by atoms with E-state index >= 15 is 0 Å². The molecule has 2 aliphatic rings. The molecule has 0 spiro atoms. The molecule has 0 radical (unpaired) electrons. The monoisotopic (exact) mass is 232 g/mol. The van der Waals surface area contributed by atoms with E-state index in [1.165, 1.54) is 17.4 Å². The molecule has 0 saturated carbocycles. The summed E-state index contributed by atoms with van der Waals surface area (Å²) in [5.74, 6) is -2.93. The third kappa shape index (κ3) is 1.71. The van der Waals surface area contributed by atoms with Gasteiger partial charge < -0.3 is 25.0 Å². The number of aliphatic imine (C=N–C) groups is 1. The minimum atomic E-state index is -2.93. The first-order chi connectivity index (χ1) is 7.57. The molecular formula is C9H13FN2O4. The first-order valence-electron chi connectivity index (χ1n) is 4.87. The van der Waals surface area contributed by atoms with Crippen LogP contribution in [-0.4, -0.2) is 64.0 Å². The van der Waals surface area contributed by atoms with E-state index < -0.39 is 30.9 Å². The third-order valence-electron chi connectivity index (χ3n) is 2.62. The van der Waals surface area contributed by atoms with Crippen LogP contribution < -0.4 is 0 Å². The fourth-order valence-electron chi connectivity index (χ4n) is 1.75. The van der Waals surface area contributed by atoms with Crippen LogP contribution in [0.25, 0.3) is 0 Å². The second-order valence-electron chi connectivity index (χ2n) is 3.73. The molecule has 0 amide bonds. The SMILES string of the molecule is OC[C@H]1O[C@@H](N2C=NC=CC2)[C@](O)(F)[C@@H]1O. The molecule has 3 N–H and O–H groups in total. The Bertz CT molecular complexity index is 321. The highest BCUT2D eigenvalue weighted by Crippen LogP contribution is 2.34. The van der Waals surface area contributed by atoms with Gasteiger partial charge in [-0.1, -0.05) is 0 Å². The van der Waals surface area contributed by atoms with E-state index in [-0.39, 0.29) is 0 Å². The van der Waals surface area contributed by atoms with Gasteiger partial charge in [0, 0.05) is 12.7 Å². The first-order valence-corrected chi connectivity index (χ1v) is 4.87. The molecule has 1 fully saturated rings. The van der Waals surface area contributed by atoms with Gasteiger partial charge in [0.25, 0.3) is 5.85 Å². The molecule has 4 atom stereocenters. The van der Waals surface area contributed by atoms with Crippen molar-refractivity contribution in [1.82, 2.24) is 4.90 Å². The van der Waals surface area contributed by atoms with Crippen molar-refractivity contribution in [3.63, 3.8) is 0 Å². The van der Waals surface area contributed by atoms with Crippen LogP contribution in [0.1, 0.15) is 0 Å². The average molecular weight is 232 g/mol. The quantitative estimate of drug-likeness (QED) is 0.544. The lowest BCUT2D eigenvalue weighted by atomic mass is 10.1. The Morgan fingerprint density at radius 1 is 1.62 bits per heavy atom. The Morgan fingerprint density at radius 2 is 2.38 bits per heavy atom. The number of hydrogen-bond acceptors (Lipinski definition) is 6. The highest BCUT2D eigenvalue weighted by Gasteiger charge is 2.58. The van der Waals surface area contributed by atoms with Gasteiger partial charge in [0.15, 0.2) is 6.23 Å². The Hall–Kier alpha value is -1.02. The van der Waals surface area contributed by atoms with Gasteiger partial charge in [0.2, 0.25) is 0 Å². The number of halogens is 1. The van der Waals surface area contributed by atoms with Crippen molar-refractivity contribution < 1.29 is 24.4 Å². The smallest absolute Gasteiger partial charge is 0.280 e. The predicted octanol–water partition coefficient (Wildman–Crippen LogP) is -1.42. The number of ether oxygens (including phenoxy) is 1. The molecule has 2 aliphatic heterocycles. The molecule has 16 heavy (non-hydrogen) atoms. The van der Waals surface area contributed by atoms with Crippen LogP contribution in [0.4, 0.5) is 4.39 Å². The van der Waals surface area contributed by atoms with Crippen LogP contribution in [0.2, 0.25) is 0 Å². The molecule has 90 valence electrons. The van der Waals surface area contributed by atoms with Gasteiger partial charge in [0.1, 0.15) is 12.2 Å². The molecule has 0 unspecified atom stereocenters. The van der Waals surface area contributed by atoms with Gasteiger partial charge in [-0.3, -0.25) is 0 Å². The predicted molar refractivity (Wildman–Crippen MR) is 52.1 cm³/mol. The Kier molecular flexibility index (Phi) is 2.94. The lowest BCUT2D eigenvalue weighted by Crippen LogP contribution is -2.52. The second-order valence-corrected chi connectivity index (χ2v) is 3.73. The van der Waals surface area contributed by atoms with Crippen LogP contribution >= 0.6 is 0 Å². The van der Waals surface area contributed by atoms with E-state index in [2.05, 4.69) is 4.99 Å². The number of aliphatic hydroxyl groups is 3. The van der Waals surface area contributed by atoms with E-state index in [1.807, 2.05) is 0 Å². The van der Waals surface area contributed by atoms with Gasteiger partial charge in [-0.15, -0.1) is 0 Å². The summed E-state index contributed by atoms with van der Waals surface area (Å²) in [5, 5.41) is 27.8. The normalized spacial score (nSPS) is 43.0. The first kappa shape index (κ1) is 11.5. The van der Waals surface area contributed by atoms with Crippen LogP contribution in [0, 0.1) is 0 Å². The maximum absolute atomic E-state index is 13.8. The van der Waals surface area contributed by atoms with Gasteiger partial charge in [0.05, 0.1) is 12.9 Å². The van der Waals surface area contributed by atoms with Gasteiger partial charge in [-0.25, -0.2) is 9.38 Å². The summed E-state index contributed by atoms with van der Waals surface area (Å²) in [5.41, 5.74) is 0. The maximum Gasteiger partial charge on any atom is 0.280 e. The Labute approximate surface area is 91.3 Å². The number of hydrogen-bond donors (Lipinski definition) is 3. The summed E-state index contributed by atoms with van der Waals surface area (Å²) in [6.07, 6.45) is 0.206. The number of rotatable bonds is 2. The number of aliphatic hydroxyl groups excluding tert-OH is 2. The molecular weight excluding hydrogens is 219 g/mol. The Morgan fingerprint density at radius 3 is 2.88 bits per heavy atom.